The maximum atomic E-state index is 11.1. The summed E-state index contributed by atoms with van der Waals surface area (Å²) in [4.78, 5) is 17.1. The molecule has 0 saturated carbocycles. The molecule has 3 aromatic rings. The Kier molecular flexibility index (Phi) is 6.79. The van der Waals surface area contributed by atoms with Crippen molar-refractivity contribution >= 4 is 51.7 Å². The van der Waals surface area contributed by atoms with E-state index in [1.165, 1.54) is 11.3 Å². The molecule has 3 rings (SSSR count). The van der Waals surface area contributed by atoms with Gasteiger partial charge in [-0.2, -0.15) is 0 Å². The normalized spacial score (nSPS) is 11.4. The van der Waals surface area contributed by atoms with Crippen molar-refractivity contribution in [1.29, 1.82) is 0 Å². The Bertz CT molecular complexity index is 1090. The van der Waals surface area contributed by atoms with E-state index in [-0.39, 0.29) is 11.3 Å². The molecule has 29 heavy (non-hydrogen) atoms. The number of benzene rings is 2. The molecule has 0 radical (unpaired) electrons. The van der Waals surface area contributed by atoms with Crippen molar-refractivity contribution in [2.75, 3.05) is 6.54 Å². The number of thiophene rings is 1. The highest BCUT2D eigenvalue weighted by Gasteiger charge is 2.14. The third-order valence-electron chi connectivity index (χ3n) is 4.33. The number of carboxylic acids is 1. The standard InChI is InChI=1S/C22H18ClNO3S2/c1-13(19-12-29-21(20(19)25)15-5-7-17(23)8-6-15)24-11-18(28)10-14-3-2-4-16(9-14)22(26)27/h2-9,12,25H,10-11H2,1H3,(H,26,27). The Balaban J connectivity index is 1.70. The lowest BCUT2D eigenvalue weighted by Gasteiger charge is -2.05. The summed E-state index contributed by atoms with van der Waals surface area (Å²) in [6.07, 6.45) is 0.471. The molecule has 0 unspecified atom stereocenters. The summed E-state index contributed by atoms with van der Waals surface area (Å²) in [6.45, 7) is 2.16. The van der Waals surface area contributed by atoms with Gasteiger partial charge in [-0.1, -0.05) is 48.1 Å². The molecule has 148 valence electrons. The van der Waals surface area contributed by atoms with Crippen molar-refractivity contribution in [2.45, 2.75) is 13.3 Å². The molecule has 2 N–H and O–H groups in total. The number of aromatic hydroxyl groups is 1. The van der Waals surface area contributed by atoms with Crippen LogP contribution >= 0.6 is 35.2 Å². The van der Waals surface area contributed by atoms with E-state index in [1.54, 1.807) is 30.3 Å². The zero-order chi connectivity index (χ0) is 21.0. The van der Waals surface area contributed by atoms with Gasteiger partial charge in [0, 0.05) is 33.0 Å². The molecule has 1 aromatic heterocycles. The molecule has 1 heterocycles. The quantitative estimate of drug-likeness (QED) is 0.352. The molecule has 0 amide bonds. The van der Waals surface area contributed by atoms with E-state index in [0.717, 1.165) is 16.0 Å². The molecule has 4 nitrogen and oxygen atoms in total. The molecule has 0 fully saturated rings. The van der Waals surface area contributed by atoms with Crippen molar-refractivity contribution in [1.82, 2.24) is 0 Å². The number of carboxylic acid groups (broad SMARTS) is 1. The summed E-state index contributed by atoms with van der Waals surface area (Å²) in [5.74, 6) is -0.769. The molecule has 0 bridgehead atoms. The van der Waals surface area contributed by atoms with Crippen LogP contribution in [-0.2, 0) is 6.42 Å². The second-order valence-corrected chi connectivity index (χ2v) is 8.35. The van der Waals surface area contributed by atoms with Gasteiger partial charge in [-0.15, -0.1) is 11.3 Å². The summed E-state index contributed by atoms with van der Waals surface area (Å²) in [7, 11) is 0. The van der Waals surface area contributed by atoms with Gasteiger partial charge in [-0.05, 0) is 42.3 Å². The molecular weight excluding hydrogens is 426 g/mol. The van der Waals surface area contributed by atoms with Crippen LogP contribution in [0.3, 0.4) is 0 Å². The van der Waals surface area contributed by atoms with Gasteiger partial charge < -0.3 is 10.2 Å². The lowest BCUT2D eigenvalue weighted by Crippen LogP contribution is -2.07. The smallest absolute Gasteiger partial charge is 0.335 e. The lowest BCUT2D eigenvalue weighted by atomic mass is 10.1. The Morgan fingerprint density at radius 3 is 2.62 bits per heavy atom. The van der Waals surface area contributed by atoms with Gasteiger partial charge in [0.25, 0.3) is 0 Å². The van der Waals surface area contributed by atoms with E-state index in [4.69, 9.17) is 28.9 Å². The predicted molar refractivity (Wildman–Crippen MR) is 123 cm³/mol. The van der Waals surface area contributed by atoms with E-state index < -0.39 is 5.97 Å². The number of nitrogens with zero attached hydrogens (tertiary/aromatic N) is 1. The van der Waals surface area contributed by atoms with Crippen LogP contribution in [0.4, 0.5) is 0 Å². The fraction of sp³-hybridized carbons (Fsp3) is 0.136. The van der Waals surface area contributed by atoms with Gasteiger partial charge in [0.05, 0.1) is 17.0 Å². The van der Waals surface area contributed by atoms with Crippen LogP contribution in [0.25, 0.3) is 10.4 Å². The predicted octanol–water partition coefficient (Wildman–Crippen LogP) is 5.89. The lowest BCUT2D eigenvalue weighted by molar-refractivity contribution is 0.0696. The number of rotatable bonds is 7. The Labute approximate surface area is 183 Å². The molecule has 0 aliphatic rings. The number of hydrogen-bond donors (Lipinski definition) is 2. The molecule has 0 atom stereocenters. The monoisotopic (exact) mass is 443 g/mol. The van der Waals surface area contributed by atoms with Crippen molar-refractivity contribution in [3.8, 4) is 16.2 Å². The van der Waals surface area contributed by atoms with E-state index >= 15 is 0 Å². The van der Waals surface area contributed by atoms with Crippen molar-refractivity contribution in [3.63, 3.8) is 0 Å². The van der Waals surface area contributed by atoms with Gasteiger partial charge in [0.15, 0.2) is 0 Å². The highest BCUT2D eigenvalue weighted by atomic mass is 35.5. The molecule has 2 aromatic carbocycles. The van der Waals surface area contributed by atoms with Gasteiger partial charge in [0.2, 0.25) is 0 Å². The SMILES string of the molecule is CC(=NCC(=S)Cc1cccc(C(=O)O)c1)c1csc(-c2ccc(Cl)cc2)c1O. The van der Waals surface area contributed by atoms with Crippen molar-refractivity contribution in [2.24, 2.45) is 4.99 Å². The van der Waals surface area contributed by atoms with Crippen LogP contribution in [0.2, 0.25) is 5.02 Å². The van der Waals surface area contributed by atoms with Gasteiger partial charge in [-0.3, -0.25) is 4.99 Å². The molecule has 0 saturated heterocycles. The fourth-order valence-electron chi connectivity index (χ4n) is 2.80. The van der Waals surface area contributed by atoms with Gasteiger partial charge >= 0.3 is 5.97 Å². The number of hydrogen-bond acceptors (Lipinski definition) is 5. The molecule has 7 heteroatoms. The number of aromatic carboxylic acids is 1. The average molecular weight is 444 g/mol. The highest BCUT2D eigenvalue weighted by Crippen LogP contribution is 2.39. The van der Waals surface area contributed by atoms with Gasteiger partial charge in [-0.25, -0.2) is 4.79 Å². The number of aliphatic imine (C=N–C) groups is 1. The summed E-state index contributed by atoms with van der Waals surface area (Å²) in [5.41, 5.74) is 3.34. The van der Waals surface area contributed by atoms with E-state index in [1.807, 2.05) is 30.5 Å². The van der Waals surface area contributed by atoms with Crippen LogP contribution in [0.1, 0.15) is 28.4 Å². The minimum absolute atomic E-state index is 0.193. The number of halogens is 1. The Hall–Kier alpha value is -2.54. The minimum Gasteiger partial charge on any atom is -0.506 e. The van der Waals surface area contributed by atoms with Crippen LogP contribution < -0.4 is 0 Å². The maximum absolute atomic E-state index is 11.1. The second kappa shape index (κ2) is 9.31. The maximum Gasteiger partial charge on any atom is 0.335 e. The van der Waals surface area contributed by atoms with Crippen LogP contribution in [0.15, 0.2) is 58.9 Å². The second-order valence-electron chi connectivity index (χ2n) is 6.46. The van der Waals surface area contributed by atoms with Gasteiger partial charge in [0.1, 0.15) is 5.75 Å². The first-order valence-corrected chi connectivity index (χ1v) is 10.4. The topological polar surface area (TPSA) is 69.9 Å². The first-order valence-electron chi connectivity index (χ1n) is 8.77. The molecule has 0 aliphatic heterocycles. The van der Waals surface area contributed by atoms with E-state index in [9.17, 15) is 9.90 Å². The largest absolute Gasteiger partial charge is 0.506 e. The molecule has 0 aliphatic carbocycles. The Morgan fingerprint density at radius 1 is 1.21 bits per heavy atom. The molecular formula is C22H18ClNO3S2. The number of carbonyl (C=O) groups is 1. The van der Waals surface area contributed by atoms with Crippen molar-refractivity contribution in [3.05, 3.63) is 75.6 Å². The summed E-state index contributed by atoms with van der Waals surface area (Å²) < 4.78 is 0. The first kappa shape index (κ1) is 21.2. The minimum atomic E-state index is -0.962. The first-order chi connectivity index (χ1) is 13.8. The van der Waals surface area contributed by atoms with E-state index in [0.29, 0.717) is 34.1 Å². The van der Waals surface area contributed by atoms with Crippen LogP contribution in [0.5, 0.6) is 5.75 Å². The summed E-state index contributed by atoms with van der Waals surface area (Å²) in [5, 5.41) is 22.2. The Morgan fingerprint density at radius 2 is 1.93 bits per heavy atom. The van der Waals surface area contributed by atoms with Crippen LogP contribution in [0, 0.1) is 0 Å². The molecule has 0 spiro atoms. The zero-order valence-electron chi connectivity index (χ0n) is 15.6. The zero-order valence-corrected chi connectivity index (χ0v) is 17.9. The average Bonchev–Trinajstić information content (AvgIpc) is 3.08. The third-order valence-corrected chi connectivity index (χ3v) is 5.87. The van der Waals surface area contributed by atoms with Crippen LogP contribution in [-0.4, -0.2) is 33.3 Å². The van der Waals surface area contributed by atoms with Crippen molar-refractivity contribution < 1.29 is 15.0 Å². The summed E-state index contributed by atoms with van der Waals surface area (Å²) in [6, 6.07) is 14.0. The summed E-state index contributed by atoms with van der Waals surface area (Å²) >= 11 is 12.8. The van der Waals surface area contributed by atoms with E-state index in [2.05, 4.69) is 4.99 Å². The fourth-order valence-corrected chi connectivity index (χ4v) is 4.17. The third kappa shape index (κ3) is 5.29. The highest BCUT2D eigenvalue weighted by molar-refractivity contribution is 7.80. The number of thiocarbonyl (C=S) groups is 1.